The Bertz CT molecular complexity index is 177. The first kappa shape index (κ1) is 7.40. The van der Waals surface area contributed by atoms with Gasteiger partial charge in [0, 0.05) is 6.54 Å². The van der Waals surface area contributed by atoms with E-state index < -0.39 is 11.6 Å². The molecular weight excluding hydrogens is 155 g/mol. The van der Waals surface area contributed by atoms with Gasteiger partial charge in [-0.05, 0) is 25.3 Å². The fourth-order valence-corrected chi connectivity index (χ4v) is 2.17. The van der Waals surface area contributed by atoms with Crippen LogP contribution >= 0.6 is 0 Å². The predicted octanol–water partition coefficient (Wildman–Crippen LogP) is 1.55. The molecule has 0 radical (unpaired) electrons. The summed E-state index contributed by atoms with van der Waals surface area (Å²) in [4.78, 5) is 0. The highest BCUT2D eigenvalue weighted by molar-refractivity contribution is 5.06. The van der Waals surface area contributed by atoms with Crippen LogP contribution in [0.3, 0.4) is 0 Å². The zero-order chi connectivity index (χ0) is 8.11. The average Bonchev–Trinajstić information content (AvgIpc) is 2.06. The Balaban J connectivity index is 2.22. The lowest BCUT2D eigenvalue weighted by molar-refractivity contribution is -0.258. The second kappa shape index (κ2) is 1.91. The summed E-state index contributed by atoms with van der Waals surface area (Å²) in [5.41, 5.74) is -1.34. The monoisotopic (exact) mass is 165 g/mol. The van der Waals surface area contributed by atoms with Crippen molar-refractivity contribution >= 4 is 0 Å². The van der Waals surface area contributed by atoms with E-state index >= 15 is 0 Å². The fraction of sp³-hybridized carbons (Fsp3) is 1.00. The van der Waals surface area contributed by atoms with E-state index in [-0.39, 0.29) is 12.5 Å². The van der Waals surface area contributed by atoms with Crippen molar-refractivity contribution < 1.29 is 13.2 Å². The molecule has 4 heteroatoms. The van der Waals surface area contributed by atoms with Crippen molar-refractivity contribution in [3.63, 3.8) is 0 Å². The molecule has 1 nitrogen and oxygen atoms in total. The van der Waals surface area contributed by atoms with E-state index in [9.17, 15) is 13.2 Å². The minimum atomic E-state index is -3.99. The fourth-order valence-electron chi connectivity index (χ4n) is 2.17. The Morgan fingerprint density at radius 1 is 1.36 bits per heavy atom. The van der Waals surface area contributed by atoms with Crippen LogP contribution < -0.4 is 5.32 Å². The number of fused-ring (bicyclic) bond motifs is 1. The standard InChI is InChI=1S/C7H10F3N/c8-7(9,10)6-2-1-5(6)3-11-4-6/h5,11H,1-4H2/t5-,6+/m0/s1. The highest BCUT2D eigenvalue weighted by Crippen LogP contribution is 2.58. The van der Waals surface area contributed by atoms with Gasteiger partial charge >= 0.3 is 6.18 Å². The van der Waals surface area contributed by atoms with Gasteiger partial charge in [-0.25, -0.2) is 0 Å². The molecule has 0 aromatic heterocycles. The van der Waals surface area contributed by atoms with Crippen LogP contribution in [0.5, 0.6) is 0 Å². The predicted molar refractivity (Wildman–Crippen MR) is 34.1 cm³/mol. The number of nitrogens with one attached hydrogen (secondary N) is 1. The Labute approximate surface area is 63.0 Å². The van der Waals surface area contributed by atoms with Gasteiger partial charge in [-0.3, -0.25) is 0 Å². The van der Waals surface area contributed by atoms with Crippen molar-refractivity contribution in [1.29, 1.82) is 0 Å². The largest absolute Gasteiger partial charge is 0.396 e. The molecule has 0 spiro atoms. The molecule has 0 bridgehead atoms. The van der Waals surface area contributed by atoms with Crippen molar-refractivity contribution in [1.82, 2.24) is 5.32 Å². The molecule has 2 rings (SSSR count). The number of hydrogen-bond acceptors (Lipinski definition) is 1. The molecule has 2 aliphatic rings. The number of alkyl halides is 3. The van der Waals surface area contributed by atoms with Crippen molar-refractivity contribution in [3.05, 3.63) is 0 Å². The molecule has 1 N–H and O–H groups in total. The SMILES string of the molecule is FC(F)(F)[C@@]12CC[C@H]1CNC2. The molecule has 0 unspecified atom stereocenters. The minimum absolute atomic E-state index is 0.137. The molecule has 0 aromatic rings. The van der Waals surface area contributed by atoms with Gasteiger partial charge in [-0.1, -0.05) is 0 Å². The first-order valence-electron chi connectivity index (χ1n) is 3.84. The van der Waals surface area contributed by atoms with Crippen LogP contribution in [0, 0.1) is 11.3 Å². The van der Waals surface area contributed by atoms with Gasteiger partial charge in [0.25, 0.3) is 0 Å². The molecule has 1 aliphatic heterocycles. The maximum Gasteiger partial charge on any atom is 0.396 e. The summed E-state index contributed by atoms with van der Waals surface area (Å²) in [5.74, 6) is -0.137. The summed E-state index contributed by atoms with van der Waals surface area (Å²) in [5, 5.41) is 2.81. The van der Waals surface area contributed by atoms with Crippen LogP contribution in [0.4, 0.5) is 13.2 Å². The second-order valence-electron chi connectivity index (χ2n) is 3.52. The number of halogens is 3. The Kier molecular flexibility index (Phi) is 1.29. The van der Waals surface area contributed by atoms with Crippen LogP contribution in [-0.2, 0) is 0 Å². The van der Waals surface area contributed by atoms with E-state index in [1.165, 1.54) is 0 Å². The number of rotatable bonds is 0. The van der Waals surface area contributed by atoms with Gasteiger partial charge < -0.3 is 5.32 Å². The summed E-state index contributed by atoms with van der Waals surface area (Å²) in [6.45, 7) is 0.695. The van der Waals surface area contributed by atoms with E-state index in [1.807, 2.05) is 0 Å². The summed E-state index contributed by atoms with van der Waals surface area (Å²) >= 11 is 0. The third kappa shape index (κ3) is 0.760. The Hall–Kier alpha value is -0.250. The zero-order valence-corrected chi connectivity index (χ0v) is 6.04. The smallest absolute Gasteiger partial charge is 0.316 e. The molecule has 1 heterocycles. The normalized spacial score (nSPS) is 43.4. The Morgan fingerprint density at radius 3 is 2.36 bits per heavy atom. The first-order chi connectivity index (χ1) is 5.06. The zero-order valence-electron chi connectivity index (χ0n) is 6.04. The van der Waals surface area contributed by atoms with Crippen LogP contribution in [-0.4, -0.2) is 19.3 Å². The van der Waals surface area contributed by atoms with Gasteiger partial charge in [0.1, 0.15) is 0 Å². The lowest BCUT2D eigenvalue weighted by Gasteiger charge is -2.45. The van der Waals surface area contributed by atoms with Crippen LogP contribution in [0.15, 0.2) is 0 Å². The second-order valence-corrected chi connectivity index (χ2v) is 3.52. The highest BCUT2D eigenvalue weighted by Gasteiger charge is 2.65. The van der Waals surface area contributed by atoms with Gasteiger partial charge in [0.05, 0.1) is 5.41 Å². The molecule has 11 heavy (non-hydrogen) atoms. The lowest BCUT2D eigenvalue weighted by atomic mass is 9.61. The highest BCUT2D eigenvalue weighted by atomic mass is 19.4. The summed E-state index contributed by atoms with van der Waals surface area (Å²) in [7, 11) is 0. The van der Waals surface area contributed by atoms with Gasteiger partial charge in [0.15, 0.2) is 0 Å². The van der Waals surface area contributed by atoms with Crippen LogP contribution in [0.25, 0.3) is 0 Å². The van der Waals surface area contributed by atoms with Crippen molar-refractivity contribution in [2.75, 3.05) is 13.1 Å². The summed E-state index contributed by atoms with van der Waals surface area (Å²) in [6.07, 6.45) is -2.92. The maximum atomic E-state index is 12.4. The third-order valence-electron chi connectivity index (χ3n) is 3.12. The van der Waals surface area contributed by atoms with Gasteiger partial charge in [-0.15, -0.1) is 0 Å². The molecule has 2 atom stereocenters. The van der Waals surface area contributed by atoms with Crippen molar-refractivity contribution in [2.45, 2.75) is 19.0 Å². The molecule has 2 fully saturated rings. The van der Waals surface area contributed by atoms with Crippen LogP contribution in [0.2, 0.25) is 0 Å². The minimum Gasteiger partial charge on any atom is -0.316 e. The third-order valence-corrected chi connectivity index (χ3v) is 3.12. The average molecular weight is 165 g/mol. The van der Waals surface area contributed by atoms with E-state index in [2.05, 4.69) is 5.32 Å². The molecule has 0 amide bonds. The molecule has 1 saturated carbocycles. The Morgan fingerprint density at radius 2 is 2.09 bits per heavy atom. The molecular formula is C7H10F3N. The van der Waals surface area contributed by atoms with Gasteiger partial charge in [0.2, 0.25) is 0 Å². The molecule has 1 saturated heterocycles. The van der Waals surface area contributed by atoms with E-state index in [0.29, 0.717) is 13.0 Å². The van der Waals surface area contributed by atoms with Gasteiger partial charge in [-0.2, -0.15) is 13.2 Å². The summed E-state index contributed by atoms with van der Waals surface area (Å²) < 4.78 is 37.2. The number of hydrogen-bond donors (Lipinski definition) is 1. The van der Waals surface area contributed by atoms with E-state index in [4.69, 9.17) is 0 Å². The van der Waals surface area contributed by atoms with E-state index in [1.54, 1.807) is 0 Å². The molecule has 64 valence electrons. The van der Waals surface area contributed by atoms with Crippen molar-refractivity contribution in [3.8, 4) is 0 Å². The topological polar surface area (TPSA) is 12.0 Å². The maximum absolute atomic E-state index is 12.4. The summed E-state index contributed by atoms with van der Waals surface area (Å²) in [6, 6.07) is 0. The molecule has 0 aromatic carbocycles. The first-order valence-corrected chi connectivity index (χ1v) is 3.84. The quantitative estimate of drug-likeness (QED) is 0.574. The lowest BCUT2D eigenvalue weighted by Crippen LogP contribution is -2.51. The molecule has 1 aliphatic carbocycles. The van der Waals surface area contributed by atoms with Crippen LogP contribution in [0.1, 0.15) is 12.8 Å². The van der Waals surface area contributed by atoms with E-state index in [0.717, 1.165) is 6.42 Å². The van der Waals surface area contributed by atoms with Crippen molar-refractivity contribution in [2.24, 2.45) is 11.3 Å².